The monoisotopic (exact) mass is 490 g/mol. The van der Waals surface area contributed by atoms with Gasteiger partial charge in [-0.05, 0) is 36.1 Å². The smallest absolute Gasteiger partial charge is 0.334 e. The second-order valence-corrected chi connectivity index (χ2v) is 8.70. The van der Waals surface area contributed by atoms with Crippen molar-refractivity contribution in [1.82, 2.24) is 5.32 Å². The van der Waals surface area contributed by atoms with E-state index in [-0.39, 0.29) is 22.0 Å². The zero-order valence-corrected chi connectivity index (χ0v) is 19.3. The van der Waals surface area contributed by atoms with Crippen LogP contribution in [-0.4, -0.2) is 36.1 Å². The van der Waals surface area contributed by atoms with Crippen LogP contribution in [0.2, 0.25) is 10.0 Å². The highest BCUT2D eigenvalue weighted by molar-refractivity contribution is 6.39. The summed E-state index contributed by atoms with van der Waals surface area (Å²) in [6.45, 7) is 4.45. The van der Waals surface area contributed by atoms with Gasteiger partial charge in [-0.3, -0.25) is 9.59 Å². The van der Waals surface area contributed by atoms with E-state index in [9.17, 15) is 19.5 Å². The van der Waals surface area contributed by atoms with Crippen molar-refractivity contribution in [3.8, 4) is 0 Å². The Labute approximate surface area is 201 Å². The normalized spacial score (nSPS) is 16.9. The summed E-state index contributed by atoms with van der Waals surface area (Å²) in [7, 11) is 0. The van der Waals surface area contributed by atoms with Crippen molar-refractivity contribution >= 4 is 41.0 Å². The fourth-order valence-electron chi connectivity index (χ4n) is 4.16. The van der Waals surface area contributed by atoms with Crippen molar-refractivity contribution in [3.05, 3.63) is 81.9 Å². The van der Waals surface area contributed by atoms with E-state index in [4.69, 9.17) is 33.7 Å². The van der Waals surface area contributed by atoms with Crippen molar-refractivity contribution in [2.75, 3.05) is 13.2 Å². The highest BCUT2D eigenvalue weighted by Crippen LogP contribution is 2.37. The molecule has 2 aromatic rings. The quantitative estimate of drug-likeness (QED) is 0.486. The Morgan fingerprint density at radius 2 is 1.70 bits per heavy atom. The molecule has 2 amide bonds. The van der Waals surface area contributed by atoms with Gasteiger partial charge in [0.15, 0.2) is 5.54 Å². The number of carbonyl (C=O) groups excluding carboxylic acids is 2. The second-order valence-electron chi connectivity index (χ2n) is 7.89. The van der Waals surface area contributed by atoms with Crippen molar-refractivity contribution in [3.63, 3.8) is 0 Å². The van der Waals surface area contributed by atoms with Gasteiger partial charge in [0.05, 0.1) is 21.0 Å². The Kier molecular flexibility index (Phi) is 7.47. The van der Waals surface area contributed by atoms with Gasteiger partial charge in [0.2, 0.25) is 5.91 Å². The van der Waals surface area contributed by atoms with Crippen molar-refractivity contribution in [2.24, 2.45) is 5.73 Å². The number of hydrogen-bond acceptors (Lipinski definition) is 4. The number of rotatable bonds is 8. The molecule has 174 valence electrons. The van der Waals surface area contributed by atoms with Gasteiger partial charge in [0, 0.05) is 19.6 Å². The molecule has 0 saturated carbocycles. The number of carboxylic acid groups (broad SMARTS) is 1. The lowest BCUT2D eigenvalue weighted by Gasteiger charge is -2.35. The van der Waals surface area contributed by atoms with Crippen molar-refractivity contribution < 1.29 is 24.2 Å². The first-order valence-electron chi connectivity index (χ1n) is 10.3. The summed E-state index contributed by atoms with van der Waals surface area (Å²) in [5, 5.41) is 13.0. The maximum Gasteiger partial charge on any atom is 0.334 e. The zero-order valence-electron chi connectivity index (χ0n) is 17.8. The van der Waals surface area contributed by atoms with Crippen LogP contribution in [0.3, 0.4) is 0 Å². The van der Waals surface area contributed by atoms with Crippen LogP contribution in [0.1, 0.15) is 40.7 Å². The highest BCUT2D eigenvalue weighted by atomic mass is 35.5. The van der Waals surface area contributed by atoms with Gasteiger partial charge in [-0.15, -0.1) is 6.58 Å². The molecule has 0 spiro atoms. The molecule has 1 atom stereocenters. The average molecular weight is 491 g/mol. The molecule has 9 heteroatoms. The first-order chi connectivity index (χ1) is 15.7. The molecule has 7 nitrogen and oxygen atoms in total. The number of primary amides is 1. The van der Waals surface area contributed by atoms with E-state index in [0.29, 0.717) is 37.2 Å². The van der Waals surface area contributed by atoms with Crippen LogP contribution in [0.4, 0.5) is 0 Å². The molecule has 1 heterocycles. The first kappa shape index (κ1) is 24.8. The third-order valence-corrected chi connectivity index (χ3v) is 6.71. The van der Waals surface area contributed by atoms with Gasteiger partial charge < -0.3 is 20.9 Å². The molecule has 0 radical (unpaired) electrons. The van der Waals surface area contributed by atoms with E-state index < -0.39 is 28.7 Å². The van der Waals surface area contributed by atoms with Gasteiger partial charge in [-0.25, -0.2) is 4.79 Å². The number of nitrogens with one attached hydrogen (secondary N) is 1. The minimum atomic E-state index is -1.84. The summed E-state index contributed by atoms with van der Waals surface area (Å²) in [6, 6.07) is 11.0. The van der Waals surface area contributed by atoms with Crippen molar-refractivity contribution in [2.45, 2.75) is 30.2 Å². The molecule has 1 aliphatic rings. The van der Waals surface area contributed by atoms with Gasteiger partial charge >= 0.3 is 5.97 Å². The Balaban J connectivity index is 2.04. The third-order valence-electron chi connectivity index (χ3n) is 6.08. The first-order valence-corrected chi connectivity index (χ1v) is 11.0. The predicted molar refractivity (Wildman–Crippen MR) is 125 cm³/mol. The summed E-state index contributed by atoms with van der Waals surface area (Å²) in [5.41, 5.74) is 3.93. The number of amides is 2. The number of benzene rings is 2. The van der Waals surface area contributed by atoms with E-state index in [2.05, 4.69) is 11.9 Å². The predicted octanol–water partition coefficient (Wildman–Crippen LogP) is 3.81. The molecule has 1 fully saturated rings. The lowest BCUT2D eigenvalue weighted by atomic mass is 9.73. The maximum atomic E-state index is 13.1. The summed E-state index contributed by atoms with van der Waals surface area (Å²) < 4.78 is 5.38. The number of aliphatic carboxylic acids is 1. The molecule has 4 N–H and O–H groups in total. The molecule has 0 bridgehead atoms. The van der Waals surface area contributed by atoms with Crippen LogP contribution >= 0.6 is 23.2 Å². The Morgan fingerprint density at radius 3 is 2.18 bits per heavy atom. The lowest BCUT2D eigenvalue weighted by Crippen LogP contribution is -2.52. The van der Waals surface area contributed by atoms with Gasteiger partial charge in [-0.2, -0.15) is 0 Å². The zero-order chi connectivity index (χ0) is 24.2. The number of halogens is 2. The van der Waals surface area contributed by atoms with Gasteiger partial charge in [0.25, 0.3) is 5.91 Å². The fourth-order valence-corrected chi connectivity index (χ4v) is 4.73. The van der Waals surface area contributed by atoms with E-state index in [0.717, 1.165) is 0 Å². The summed E-state index contributed by atoms with van der Waals surface area (Å²) in [4.78, 5) is 37.9. The number of hydrogen-bond donors (Lipinski definition) is 3. The van der Waals surface area contributed by atoms with Crippen LogP contribution < -0.4 is 11.1 Å². The molecule has 0 aromatic heterocycles. The summed E-state index contributed by atoms with van der Waals surface area (Å²) in [5.74, 6) is -2.49. The topological polar surface area (TPSA) is 119 Å². The second kappa shape index (κ2) is 9.95. The SMILES string of the molecule is C=CCC(NC(=O)c1c(Cl)cccc1Cl)(C(=O)O)c1ccc(C2(C(N)=O)CCOCC2)cc1. The molecule has 1 saturated heterocycles. The fraction of sp³-hybridized carbons (Fsp3) is 0.292. The van der Waals surface area contributed by atoms with E-state index in [1.807, 2.05) is 0 Å². The molecular formula is C24H24Cl2N2O5. The van der Waals surface area contributed by atoms with Crippen LogP contribution in [0.5, 0.6) is 0 Å². The van der Waals surface area contributed by atoms with E-state index in [1.165, 1.54) is 18.2 Å². The maximum absolute atomic E-state index is 13.1. The van der Waals surface area contributed by atoms with E-state index in [1.54, 1.807) is 30.3 Å². The minimum absolute atomic E-state index is 0.0259. The summed E-state index contributed by atoms with van der Waals surface area (Å²) >= 11 is 12.3. The van der Waals surface area contributed by atoms with Crippen LogP contribution in [-0.2, 0) is 25.3 Å². The molecular weight excluding hydrogens is 467 g/mol. The minimum Gasteiger partial charge on any atom is -0.479 e. The van der Waals surface area contributed by atoms with Crippen molar-refractivity contribution in [1.29, 1.82) is 0 Å². The molecule has 3 rings (SSSR count). The molecule has 1 unspecified atom stereocenters. The molecule has 33 heavy (non-hydrogen) atoms. The molecule has 1 aliphatic heterocycles. The van der Waals surface area contributed by atoms with Crippen LogP contribution in [0.25, 0.3) is 0 Å². The van der Waals surface area contributed by atoms with Gasteiger partial charge in [-0.1, -0.05) is 59.6 Å². The Hall–Kier alpha value is -2.87. The highest BCUT2D eigenvalue weighted by Gasteiger charge is 2.43. The Morgan fingerprint density at radius 1 is 1.12 bits per heavy atom. The third kappa shape index (κ3) is 4.62. The van der Waals surface area contributed by atoms with Gasteiger partial charge in [0.1, 0.15) is 0 Å². The number of nitrogens with two attached hydrogens (primary N) is 1. The lowest BCUT2D eigenvalue weighted by molar-refractivity contribution is -0.145. The summed E-state index contributed by atoms with van der Waals surface area (Å²) in [6.07, 6.45) is 2.16. The molecule has 2 aromatic carbocycles. The van der Waals surface area contributed by atoms with E-state index >= 15 is 0 Å². The Bertz CT molecular complexity index is 1060. The average Bonchev–Trinajstić information content (AvgIpc) is 2.79. The number of carbonyl (C=O) groups is 3. The van der Waals surface area contributed by atoms with Crippen LogP contribution in [0.15, 0.2) is 55.1 Å². The molecule has 0 aliphatic carbocycles. The van der Waals surface area contributed by atoms with Crippen LogP contribution in [0, 0.1) is 0 Å². The number of ether oxygens (including phenoxy) is 1. The standard InChI is InChI=1S/C24H24Cl2N2O5/c1-2-10-24(22(31)32,28-20(29)19-17(25)4-3-5-18(19)26)16-8-6-15(7-9-16)23(21(27)30)11-13-33-14-12-23/h2-9H,1,10-14H2,(H2,27,30)(H,28,29)(H,31,32). The number of carboxylic acids is 1. The largest absolute Gasteiger partial charge is 0.479 e.